The predicted octanol–water partition coefficient (Wildman–Crippen LogP) is 3.72. The van der Waals surface area contributed by atoms with Crippen LogP contribution < -0.4 is 20.1 Å². The van der Waals surface area contributed by atoms with Crippen LogP contribution in [0.5, 0.6) is 11.5 Å². The summed E-state index contributed by atoms with van der Waals surface area (Å²) in [7, 11) is 0. The molecule has 182 valence electrons. The molecule has 0 bridgehead atoms. The maximum atomic E-state index is 12.7. The zero-order valence-corrected chi connectivity index (χ0v) is 19.5. The van der Waals surface area contributed by atoms with Crippen LogP contribution in [0.1, 0.15) is 34.7 Å². The number of amides is 2. The number of aromatic nitrogens is 1. The Labute approximate surface area is 202 Å². The van der Waals surface area contributed by atoms with Gasteiger partial charge in [0.15, 0.2) is 11.5 Å². The summed E-state index contributed by atoms with van der Waals surface area (Å²) in [6, 6.07) is 12.5. The Morgan fingerprint density at radius 2 is 1.80 bits per heavy atom. The first-order valence-corrected chi connectivity index (χ1v) is 11.7. The van der Waals surface area contributed by atoms with Gasteiger partial charge in [0.1, 0.15) is 24.7 Å². The van der Waals surface area contributed by atoms with E-state index in [1.807, 2.05) is 24.3 Å². The van der Waals surface area contributed by atoms with Crippen molar-refractivity contribution >= 4 is 17.5 Å². The highest BCUT2D eigenvalue weighted by molar-refractivity contribution is 5.95. The van der Waals surface area contributed by atoms with Crippen LogP contribution in [0.3, 0.4) is 0 Å². The molecule has 2 amide bonds. The molecule has 1 aromatic heterocycles. The second-order valence-corrected chi connectivity index (χ2v) is 8.52. The van der Waals surface area contributed by atoms with Gasteiger partial charge in [0.25, 0.3) is 5.91 Å². The molecule has 1 fully saturated rings. The average Bonchev–Trinajstić information content (AvgIpc) is 3.28. The first-order valence-electron chi connectivity index (χ1n) is 11.7. The highest BCUT2D eigenvalue weighted by Crippen LogP contribution is 2.31. The zero-order valence-electron chi connectivity index (χ0n) is 19.5. The molecule has 1 saturated heterocycles. The third kappa shape index (κ3) is 5.30. The van der Waals surface area contributed by atoms with Gasteiger partial charge < -0.3 is 29.3 Å². The van der Waals surface area contributed by atoms with Crippen molar-refractivity contribution < 1.29 is 28.2 Å². The van der Waals surface area contributed by atoms with Crippen molar-refractivity contribution in [2.75, 3.05) is 31.7 Å². The summed E-state index contributed by atoms with van der Waals surface area (Å²) in [4.78, 5) is 29.8. The van der Waals surface area contributed by atoms with Gasteiger partial charge in [-0.1, -0.05) is 6.07 Å². The third-order valence-electron chi connectivity index (χ3n) is 6.08. The Kier molecular flexibility index (Phi) is 6.67. The Balaban J connectivity index is 1.23. The van der Waals surface area contributed by atoms with Crippen LogP contribution in [0.4, 0.5) is 5.69 Å². The normalized spacial score (nSPS) is 15.5. The quantitative estimate of drug-likeness (QED) is 0.557. The van der Waals surface area contributed by atoms with Gasteiger partial charge in [0.05, 0.1) is 6.54 Å². The molecule has 0 unspecified atom stereocenters. The van der Waals surface area contributed by atoms with Gasteiger partial charge in [-0.15, -0.1) is 0 Å². The molecule has 0 aliphatic carbocycles. The van der Waals surface area contributed by atoms with Crippen LogP contribution in [-0.4, -0.2) is 43.2 Å². The number of anilines is 1. The van der Waals surface area contributed by atoms with Crippen molar-refractivity contribution in [2.24, 2.45) is 5.92 Å². The van der Waals surface area contributed by atoms with Crippen molar-refractivity contribution in [2.45, 2.75) is 26.3 Å². The molecule has 2 N–H and O–H groups in total. The SMILES string of the molecule is Cc1oc(-c2cccc(NC(=O)C3CCOCC3)c2)nc1CNC(=O)c1ccc2c(c1)OCCO2. The minimum absolute atomic E-state index is 0.00317. The van der Waals surface area contributed by atoms with Gasteiger partial charge in [0, 0.05) is 35.9 Å². The van der Waals surface area contributed by atoms with Gasteiger partial charge in [-0.2, -0.15) is 0 Å². The van der Waals surface area contributed by atoms with Crippen LogP contribution in [0.25, 0.3) is 11.5 Å². The summed E-state index contributed by atoms with van der Waals surface area (Å²) in [6.45, 7) is 4.20. The number of benzene rings is 2. The number of oxazole rings is 1. The smallest absolute Gasteiger partial charge is 0.251 e. The number of rotatable bonds is 6. The predicted molar refractivity (Wildman–Crippen MR) is 127 cm³/mol. The lowest BCUT2D eigenvalue weighted by molar-refractivity contribution is -0.122. The van der Waals surface area contributed by atoms with Gasteiger partial charge in [-0.05, 0) is 56.2 Å². The monoisotopic (exact) mass is 477 g/mol. The molecule has 35 heavy (non-hydrogen) atoms. The number of ether oxygens (including phenoxy) is 3. The van der Waals surface area contributed by atoms with Crippen LogP contribution in [0, 0.1) is 12.8 Å². The van der Waals surface area contributed by atoms with Crippen molar-refractivity contribution in [1.82, 2.24) is 10.3 Å². The molecule has 0 radical (unpaired) electrons. The van der Waals surface area contributed by atoms with E-state index in [2.05, 4.69) is 15.6 Å². The summed E-state index contributed by atoms with van der Waals surface area (Å²) < 4.78 is 22.2. The molecule has 2 aliphatic heterocycles. The van der Waals surface area contributed by atoms with Crippen molar-refractivity contribution in [3.8, 4) is 23.0 Å². The minimum atomic E-state index is -0.247. The molecule has 3 heterocycles. The topological polar surface area (TPSA) is 112 Å². The fourth-order valence-electron chi connectivity index (χ4n) is 4.10. The van der Waals surface area contributed by atoms with Crippen molar-refractivity contribution in [3.05, 3.63) is 59.5 Å². The summed E-state index contributed by atoms with van der Waals surface area (Å²) in [5.41, 5.74) is 2.52. The first-order chi connectivity index (χ1) is 17.1. The second-order valence-electron chi connectivity index (χ2n) is 8.52. The Morgan fingerprint density at radius 1 is 1.00 bits per heavy atom. The number of aryl methyl sites for hydroxylation is 1. The van der Waals surface area contributed by atoms with E-state index < -0.39 is 0 Å². The van der Waals surface area contributed by atoms with Gasteiger partial charge in [0.2, 0.25) is 11.8 Å². The van der Waals surface area contributed by atoms with E-state index in [1.165, 1.54) is 0 Å². The Hall–Kier alpha value is -3.85. The van der Waals surface area contributed by atoms with Gasteiger partial charge >= 0.3 is 0 Å². The Bertz CT molecular complexity index is 1230. The van der Waals surface area contributed by atoms with E-state index in [9.17, 15) is 9.59 Å². The number of nitrogens with one attached hydrogen (secondary N) is 2. The molecular formula is C26H27N3O6. The highest BCUT2D eigenvalue weighted by atomic mass is 16.6. The molecular weight excluding hydrogens is 450 g/mol. The van der Waals surface area contributed by atoms with E-state index >= 15 is 0 Å². The first kappa shape index (κ1) is 22.9. The molecule has 9 heteroatoms. The largest absolute Gasteiger partial charge is 0.486 e. The van der Waals surface area contributed by atoms with E-state index in [-0.39, 0.29) is 24.3 Å². The lowest BCUT2D eigenvalue weighted by Crippen LogP contribution is -2.28. The molecule has 0 saturated carbocycles. The second kappa shape index (κ2) is 10.2. The van der Waals surface area contributed by atoms with E-state index in [1.54, 1.807) is 25.1 Å². The summed E-state index contributed by atoms with van der Waals surface area (Å²) >= 11 is 0. The summed E-state index contributed by atoms with van der Waals surface area (Å²) in [5, 5.41) is 5.86. The van der Waals surface area contributed by atoms with E-state index in [0.29, 0.717) is 66.5 Å². The summed E-state index contributed by atoms with van der Waals surface area (Å²) in [6.07, 6.45) is 1.46. The average molecular weight is 478 g/mol. The molecule has 0 atom stereocenters. The lowest BCUT2D eigenvalue weighted by atomic mass is 9.99. The molecule has 9 nitrogen and oxygen atoms in total. The zero-order chi connectivity index (χ0) is 24.2. The number of nitrogens with zero attached hydrogens (tertiary/aromatic N) is 1. The summed E-state index contributed by atoms with van der Waals surface area (Å²) in [5.74, 6) is 1.94. The maximum absolute atomic E-state index is 12.7. The van der Waals surface area contributed by atoms with Gasteiger partial charge in [-0.3, -0.25) is 9.59 Å². The number of carbonyl (C=O) groups is 2. The fraction of sp³-hybridized carbons (Fsp3) is 0.346. The highest BCUT2D eigenvalue weighted by Gasteiger charge is 2.22. The molecule has 0 spiro atoms. The lowest BCUT2D eigenvalue weighted by Gasteiger charge is -2.21. The Morgan fingerprint density at radius 3 is 2.63 bits per heavy atom. The molecule has 2 aromatic carbocycles. The molecule has 2 aliphatic rings. The van der Waals surface area contributed by atoms with Crippen molar-refractivity contribution in [3.63, 3.8) is 0 Å². The van der Waals surface area contributed by atoms with Crippen LogP contribution >= 0.6 is 0 Å². The van der Waals surface area contributed by atoms with Gasteiger partial charge in [-0.25, -0.2) is 4.98 Å². The number of carbonyl (C=O) groups excluding carboxylic acids is 2. The standard InChI is InChI=1S/C26H27N3O6/c1-16-21(15-27-24(30)18-5-6-22-23(14-18)34-12-11-33-22)29-26(35-16)19-3-2-4-20(13-19)28-25(31)17-7-9-32-10-8-17/h2-6,13-14,17H,7-12,15H2,1H3,(H,27,30)(H,28,31). The van der Waals surface area contributed by atoms with E-state index in [4.69, 9.17) is 18.6 Å². The van der Waals surface area contributed by atoms with Crippen molar-refractivity contribution in [1.29, 1.82) is 0 Å². The number of fused-ring (bicyclic) bond motifs is 1. The third-order valence-corrected chi connectivity index (χ3v) is 6.08. The van der Waals surface area contributed by atoms with Crippen LogP contribution in [0.15, 0.2) is 46.9 Å². The van der Waals surface area contributed by atoms with Crippen LogP contribution in [0.2, 0.25) is 0 Å². The number of hydrogen-bond donors (Lipinski definition) is 2. The van der Waals surface area contributed by atoms with E-state index in [0.717, 1.165) is 18.4 Å². The molecule has 5 rings (SSSR count). The fourth-order valence-corrected chi connectivity index (χ4v) is 4.10. The van der Waals surface area contributed by atoms with Crippen LogP contribution in [-0.2, 0) is 16.1 Å². The minimum Gasteiger partial charge on any atom is -0.486 e. The maximum Gasteiger partial charge on any atom is 0.251 e. The molecule has 3 aromatic rings. The number of hydrogen-bond acceptors (Lipinski definition) is 7.